The standard InChI is InChI=1S/C12H15N3O2/c1-12(2)7-9(14-15-11(13)16)8-5-3-4-6-10(8)17-12/h3-6H,7H2,1-2H3,(H3,13,15,16). The van der Waals surface area contributed by atoms with E-state index in [1.54, 1.807) is 0 Å². The second-order valence-corrected chi connectivity index (χ2v) is 4.57. The Morgan fingerprint density at radius 1 is 1.47 bits per heavy atom. The molecule has 5 nitrogen and oxygen atoms in total. The van der Waals surface area contributed by atoms with E-state index in [1.165, 1.54) is 0 Å². The lowest BCUT2D eigenvalue weighted by Gasteiger charge is -2.33. The van der Waals surface area contributed by atoms with E-state index in [9.17, 15) is 4.79 Å². The summed E-state index contributed by atoms with van der Waals surface area (Å²) in [4.78, 5) is 10.7. The molecule has 0 bridgehead atoms. The first-order chi connectivity index (χ1) is 7.98. The third-order valence-electron chi connectivity index (χ3n) is 2.48. The highest BCUT2D eigenvalue weighted by atomic mass is 16.5. The Bertz CT molecular complexity index is 480. The maximum Gasteiger partial charge on any atom is 0.332 e. The van der Waals surface area contributed by atoms with E-state index >= 15 is 0 Å². The molecule has 1 aliphatic rings. The number of benzene rings is 1. The number of nitrogens with two attached hydrogens (primary N) is 1. The average molecular weight is 233 g/mol. The number of hydrogen-bond donors (Lipinski definition) is 2. The van der Waals surface area contributed by atoms with E-state index in [4.69, 9.17) is 10.5 Å². The van der Waals surface area contributed by atoms with Crippen LogP contribution in [0.25, 0.3) is 0 Å². The molecule has 0 aromatic heterocycles. The van der Waals surface area contributed by atoms with Gasteiger partial charge in [0.2, 0.25) is 0 Å². The minimum atomic E-state index is -0.667. The van der Waals surface area contributed by atoms with Crippen LogP contribution in [0.3, 0.4) is 0 Å². The van der Waals surface area contributed by atoms with Crippen molar-refractivity contribution in [2.75, 3.05) is 0 Å². The Hall–Kier alpha value is -2.04. The van der Waals surface area contributed by atoms with Crippen LogP contribution in [0.2, 0.25) is 0 Å². The third kappa shape index (κ3) is 2.55. The number of rotatable bonds is 1. The molecule has 0 radical (unpaired) electrons. The van der Waals surface area contributed by atoms with Gasteiger partial charge in [0.05, 0.1) is 5.71 Å². The van der Waals surface area contributed by atoms with Gasteiger partial charge >= 0.3 is 6.03 Å². The predicted molar refractivity (Wildman–Crippen MR) is 65.0 cm³/mol. The topological polar surface area (TPSA) is 76.7 Å². The van der Waals surface area contributed by atoms with Gasteiger partial charge in [-0.05, 0) is 26.0 Å². The number of nitrogens with zero attached hydrogens (tertiary/aromatic N) is 1. The van der Waals surface area contributed by atoms with Crippen molar-refractivity contribution in [2.45, 2.75) is 25.9 Å². The smallest absolute Gasteiger partial charge is 0.332 e. The highest BCUT2D eigenvalue weighted by Gasteiger charge is 2.30. The molecule has 90 valence electrons. The van der Waals surface area contributed by atoms with Crippen molar-refractivity contribution >= 4 is 11.7 Å². The van der Waals surface area contributed by atoms with Gasteiger partial charge in [-0.15, -0.1) is 0 Å². The molecule has 0 saturated carbocycles. The highest BCUT2D eigenvalue weighted by molar-refractivity contribution is 6.04. The Kier molecular flexibility index (Phi) is 2.75. The molecule has 0 saturated heterocycles. The molecule has 2 amide bonds. The fourth-order valence-electron chi connectivity index (χ4n) is 1.85. The lowest BCUT2D eigenvalue weighted by molar-refractivity contribution is 0.111. The normalized spacial score (nSPS) is 19.3. The summed E-state index contributed by atoms with van der Waals surface area (Å²) < 4.78 is 5.83. The molecule has 5 heteroatoms. The van der Waals surface area contributed by atoms with E-state index in [0.29, 0.717) is 6.42 Å². The molecular formula is C12H15N3O2. The van der Waals surface area contributed by atoms with Gasteiger partial charge < -0.3 is 10.5 Å². The van der Waals surface area contributed by atoms with Crippen LogP contribution >= 0.6 is 0 Å². The molecule has 0 aliphatic carbocycles. The number of ether oxygens (including phenoxy) is 1. The second kappa shape index (κ2) is 4.08. The first kappa shape index (κ1) is 11.4. The highest BCUT2D eigenvalue weighted by Crippen LogP contribution is 2.32. The minimum Gasteiger partial charge on any atom is -0.487 e. The summed E-state index contributed by atoms with van der Waals surface area (Å²) in [5.74, 6) is 0.772. The number of primary amides is 1. The number of hydrazone groups is 1. The van der Waals surface area contributed by atoms with Gasteiger partial charge in [0.1, 0.15) is 11.4 Å². The van der Waals surface area contributed by atoms with E-state index in [-0.39, 0.29) is 5.60 Å². The van der Waals surface area contributed by atoms with Gasteiger partial charge in [-0.2, -0.15) is 5.10 Å². The van der Waals surface area contributed by atoms with Crippen LogP contribution in [0.5, 0.6) is 5.75 Å². The molecular weight excluding hydrogens is 218 g/mol. The van der Waals surface area contributed by atoms with Gasteiger partial charge in [0.15, 0.2) is 0 Å². The SMILES string of the molecule is CC1(C)CC(=NNC(N)=O)c2ccccc2O1. The van der Waals surface area contributed by atoms with Crippen LogP contribution in [0.1, 0.15) is 25.8 Å². The van der Waals surface area contributed by atoms with Crippen LogP contribution in [0.4, 0.5) is 4.79 Å². The number of carbonyl (C=O) groups is 1. The van der Waals surface area contributed by atoms with Crippen molar-refractivity contribution in [1.82, 2.24) is 5.43 Å². The van der Waals surface area contributed by atoms with Crippen LogP contribution in [0, 0.1) is 0 Å². The Morgan fingerprint density at radius 2 is 2.18 bits per heavy atom. The van der Waals surface area contributed by atoms with Crippen LogP contribution in [0.15, 0.2) is 29.4 Å². The first-order valence-corrected chi connectivity index (χ1v) is 5.38. The molecule has 1 aromatic rings. The number of nitrogens with one attached hydrogen (secondary N) is 1. The maximum absolute atomic E-state index is 10.7. The Labute approximate surface area is 99.6 Å². The molecule has 0 spiro atoms. The van der Waals surface area contributed by atoms with Crippen molar-refractivity contribution in [3.05, 3.63) is 29.8 Å². The second-order valence-electron chi connectivity index (χ2n) is 4.57. The summed E-state index contributed by atoms with van der Waals surface area (Å²) >= 11 is 0. The van der Waals surface area contributed by atoms with Crippen LogP contribution < -0.4 is 15.9 Å². The summed E-state index contributed by atoms with van der Waals surface area (Å²) in [5.41, 5.74) is 8.60. The fourth-order valence-corrected chi connectivity index (χ4v) is 1.85. The number of amides is 2. The molecule has 1 aromatic carbocycles. The van der Waals surface area contributed by atoms with E-state index in [0.717, 1.165) is 17.0 Å². The fraction of sp³-hybridized carbons (Fsp3) is 0.333. The molecule has 1 heterocycles. The largest absolute Gasteiger partial charge is 0.487 e. The van der Waals surface area contributed by atoms with Crippen molar-refractivity contribution in [3.8, 4) is 5.75 Å². The zero-order chi connectivity index (χ0) is 12.5. The summed E-state index contributed by atoms with van der Waals surface area (Å²) in [6.45, 7) is 3.95. The molecule has 0 atom stereocenters. The van der Waals surface area contributed by atoms with E-state index < -0.39 is 6.03 Å². The number of carbonyl (C=O) groups excluding carboxylic acids is 1. The zero-order valence-electron chi connectivity index (χ0n) is 9.86. The van der Waals surface area contributed by atoms with Crippen molar-refractivity contribution in [3.63, 3.8) is 0 Å². The summed E-state index contributed by atoms with van der Waals surface area (Å²) in [5, 5.41) is 4.03. The van der Waals surface area contributed by atoms with Crippen molar-refractivity contribution in [1.29, 1.82) is 0 Å². The molecule has 0 fully saturated rings. The third-order valence-corrected chi connectivity index (χ3v) is 2.48. The van der Waals surface area contributed by atoms with Crippen molar-refractivity contribution in [2.24, 2.45) is 10.8 Å². The van der Waals surface area contributed by atoms with Gasteiger partial charge in [0.25, 0.3) is 0 Å². The Morgan fingerprint density at radius 3 is 2.88 bits per heavy atom. The van der Waals surface area contributed by atoms with Crippen LogP contribution in [-0.4, -0.2) is 17.3 Å². The van der Waals surface area contributed by atoms with Gasteiger partial charge in [0, 0.05) is 12.0 Å². The monoisotopic (exact) mass is 233 g/mol. The van der Waals surface area contributed by atoms with E-state index in [2.05, 4.69) is 10.5 Å². The predicted octanol–water partition coefficient (Wildman–Crippen LogP) is 1.62. The number of para-hydroxylation sites is 1. The number of hydrogen-bond acceptors (Lipinski definition) is 3. The first-order valence-electron chi connectivity index (χ1n) is 5.38. The molecule has 17 heavy (non-hydrogen) atoms. The lowest BCUT2D eigenvalue weighted by Crippen LogP contribution is -2.37. The molecule has 1 aliphatic heterocycles. The van der Waals surface area contributed by atoms with Gasteiger partial charge in [-0.3, -0.25) is 0 Å². The quantitative estimate of drug-likeness (QED) is 0.723. The Balaban J connectivity index is 2.39. The minimum absolute atomic E-state index is 0.341. The lowest BCUT2D eigenvalue weighted by atomic mass is 9.92. The van der Waals surface area contributed by atoms with Crippen molar-refractivity contribution < 1.29 is 9.53 Å². The summed E-state index contributed by atoms with van der Waals surface area (Å²) in [7, 11) is 0. The van der Waals surface area contributed by atoms with E-state index in [1.807, 2.05) is 38.1 Å². The average Bonchev–Trinajstić information content (AvgIpc) is 2.24. The number of urea groups is 1. The molecule has 3 N–H and O–H groups in total. The van der Waals surface area contributed by atoms with Gasteiger partial charge in [-0.1, -0.05) is 12.1 Å². The molecule has 0 unspecified atom stereocenters. The zero-order valence-corrected chi connectivity index (χ0v) is 9.86. The summed E-state index contributed by atoms with van der Waals surface area (Å²) in [6.07, 6.45) is 0.615. The van der Waals surface area contributed by atoms with Crippen LogP contribution in [-0.2, 0) is 0 Å². The maximum atomic E-state index is 10.7. The molecule has 2 rings (SSSR count). The van der Waals surface area contributed by atoms with Gasteiger partial charge in [-0.25, -0.2) is 10.2 Å². The summed E-state index contributed by atoms with van der Waals surface area (Å²) in [6, 6.07) is 6.93. The number of fused-ring (bicyclic) bond motifs is 1.